The quantitative estimate of drug-likeness (QED) is 0.706. The molecule has 0 aliphatic carbocycles. The standard InChI is InChI=1S/C15H29NO2/c1-5-8-13(14(17)18-6-2)16-11-7-9-15(3,4)10-12-16/h13H,5-12H2,1-4H3. The Labute approximate surface area is 112 Å². The predicted octanol–water partition coefficient (Wildman–Crippen LogP) is 3.23. The third kappa shape index (κ3) is 4.60. The molecular weight excluding hydrogens is 226 g/mol. The number of rotatable bonds is 5. The lowest BCUT2D eigenvalue weighted by Gasteiger charge is -2.29. The summed E-state index contributed by atoms with van der Waals surface area (Å²) >= 11 is 0. The number of likely N-dealkylation sites (tertiary alicyclic amines) is 1. The fraction of sp³-hybridized carbons (Fsp3) is 0.933. The Kier molecular flexibility index (Phi) is 6.13. The highest BCUT2D eigenvalue weighted by atomic mass is 16.5. The first kappa shape index (κ1) is 15.5. The van der Waals surface area contributed by atoms with E-state index in [2.05, 4.69) is 25.7 Å². The van der Waals surface area contributed by atoms with Crippen LogP contribution in [0.5, 0.6) is 0 Å². The van der Waals surface area contributed by atoms with Crippen LogP contribution in [0.2, 0.25) is 0 Å². The molecule has 1 fully saturated rings. The highest BCUT2D eigenvalue weighted by molar-refractivity contribution is 5.75. The smallest absolute Gasteiger partial charge is 0.323 e. The van der Waals surface area contributed by atoms with Crippen LogP contribution >= 0.6 is 0 Å². The minimum atomic E-state index is -0.0287. The Morgan fingerprint density at radius 1 is 1.28 bits per heavy atom. The molecule has 1 aliphatic rings. The Morgan fingerprint density at radius 3 is 2.61 bits per heavy atom. The van der Waals surface area contributed by atoms with Crippen molar-refractivity contribution < 1.29 is 9.53 Å². The maximum atomic E-state index is 12.0. The van der Waals surface area contributed by atoms with E-state index in [1.165, 1.54) is 19.3 Å². The van der Waals surface area contributed by atoms with Gasteiger partial charge >= 0.3 is 5.97 Å². The number of ether oxygens (including phenoxy) is 1. The van der Waals surface area contributed by atoms with E-state index in [9.17, 15) is 4.79 Å². The molecule has 0 aromatic carbocycles. The van der Waals surface area contributed by atoms with E-state index < -0.39 is 0 Å². The second-order valence-corrected chi connectivity index (χ2v) is 6.11. The second kappa shape index (κ2) is 7.13. The van der Waals surface area contributed by atoms with Crippen LogP contribution in [0.25, 0.3) is 0 Å². The Balaban J connectivity index is 2.64. The van der Waals surface area contributed by atoms with Crippen molar-refractivity contribution in [2.75, 3.05) is 19.7 Å². The number of nitrogens with zero attached hydrogens (tertiary/aromatic N) is 1. The lowest BCUT2D eigenvalue weighted by molar-refractivity contribution is -0.150. The molecule has 1 heterocycles. The molecule has 1 aliphatic heterocycles. The van der Waals surface area contributed by atoms with E-state index in [0.29, 0.717) is 12.0 Å². The van der Waals surface area contributed by atoms with Crippen LogP contribution in [0.15, 0.2) is 0 Å². The average molecular weight is 255 g/mol. The number of esters is 1. The molecule has 0 aromatic rings. The Morgan fingerprint density at radius 2 is 2.00 bits per heavy atom. The maximum Gasteiger partial charge on any atom is 0.323 e. The number of hydrogen-bond donors (Lipinski definition) is 0. The first-order chi connectivity index (χ1) is 8.50. The molecule has 1 unspecified atom stereocenters. The van der Waals surface area contributed by atoms with Gasteiger partial charge in [0.1, 0.15) is 6.04 Å². The summed E-state index contributed by atoms with van der Waals surface area (Å²) in [6, 6.07) is -0.0242. The molecule has 1 atom stereocenters. The minimum absolute atomic E-state index is 0.0242. The third-order valence-electron chi connectivity index (χ3n) is 3.94. The van der Waals surface area contributed by atoms with Crippen LogP contribution < -0.4 is 0 Å². The highest BCUT2D eigenvalue weighted by Gasteiger charge is 2.30. The molecule has 0 N–H and O–H groups in total. The van der Waals surface area contributed by atoms with Crippen molar-refractivity contribution in [3.8, 4) is 0 Å². The fourth-order valence-electron chi connectivity index (χ4n) is 2.72. The van der Waals surface area contributed by atoms with Crippen LogP contribution in [0.1, 0.15) is 59.8 Å². The summed E-state index contributed by atoms with van der Waals surface area (Å²) in [5.74, 6) is -0.0287. The van der Waals surface area contributed by atoms with Gasteiger partial charge in [-0.2, -0.15) is 0 Å². The van der Waals surface area contributed by atoms with Gasteiger partial charge in [0.05, 0.1) is 6.61 Å². The SMILES string of the molecule is CCCC(C(=O)OCC)N1CCCC(C)(C)CC1. The van der Waals surface area contributed by atoms with Gasteiger partial charge in [0, 0.05) is 0 Å². The summed E-state index contributed by atoms with van der Waals surface area (Å²) in [5.41, 5.74) is 0.417. The zero-order valence-electron chi connectivity index (χ0n) is 12.5. The summed E-state index contributed by atoms with van der Waals surface area (Å²) in [5, 5.41) is 0. The molecule has 0 radical (unpaired) electrons. The van der Waals surface area contributed by atoms with Gasteiger partial charge in [-0.1, -0.05) is 27.2 Å². The Hall–Kier alpha value is -0.570. The van der Waals surface area contributed by atoms with E-state index in [4.69, 9.17) is 4.74 Å². The number of carbonyl (C=O) groups excluding carboxylic acids is 1. The maximum absolute atomic E-state index is 12.0. The molecule has 3 nitrogen and oxygen atoms in total. The Bertz CT molecular complexity index is 263. The monoisotopic (exact) mass is 255 g/mol. The van der Waals surface area contributed by atoms with Gasteiger partial charge in [-0.05, 0) is 51.1 Å². The van der Waals surface area contributed by atoms with Crippen LogP contribution in [0.3, 0.4) is 0 Å². The molecule has 1 saturated heterocycles. The summed E-state index contributed by atoms with van der Waals surface area (Å²) in [6.07, 6.45) is 5.56. The van der Waals surface area contributed by atoms with Crippen LogP contribution in [0.4, 0.5) is 0 Å². The van der Waals surface area contributed by atoms with Crippen LogP contribution in [-0.2, 0) is 9.53 Å². The molecule has 106 valence electrons. The molecule has 0 bridgehead atoms. The van der Waals surface area contributed by atoms with E-state index in [-0.39, 0.29) is 12.0 Å². The fourth-order valence-corrected chi connectivity index (χ4v) is 2.72. The first-order valence-corrected chi connectivity index (χ1v) is 7.41. The number of hydrogen-bond acceptors (Lipinski definition) is 3. The van der Waals surface area contributed by atoms with Crippen LogP contribution in [-0.4, -0.2) is 36.6 Å². The zero-order valence-corrected chi connectivity index (χ0v) is 12.5. The summed E-state index contributed by atoms with van der Waals surface area (Å²) in [4.78, 5) is 14.4. The zero-order chi connectivity index (χ0) is 13.6. The van der Waals surface area contributed by atoms with Crippen molar-refractivity contribution in [2.45, 2.75) is 65.8 Å². The molecule has 1 rings (SSSR count). The predicted molar refractivity (Wildman–Crippen MR) is 74.5 cm³/mol. The van der Waals surface area contributed by atoms with Crippen molar-refractivity contribution in [1.82, 2.24) is 4.90 Å². The average Bonchev–Trinajstić information content (AvgIpc) is 2.47. The van der Waals surface area contributed by atoms with E-state index in [1.807, 2.05) is 6.92 Å². The van der Waals surface area contributed by atoms with Crippen molar-refractivity contribution in [1.29, 1.82) is 0 Å². The summed E-state index contributed by atoms with van der Waals surface area (Å²) in [6.45, 7) is 11.2. The normalized spacial score (nSPS) is 22.2. The lowest BCUT2D eigenvalue weighted by atomic mass is 9.85. The van der Waals surface area contributed by atoms with Gasteiger partial charge in [0.2, 0.25) is 0 Å². The summed E-state index contributed by atoms with van der Waals surface area (Å²) in [7, 11) is 0. The lowest BCUT2D eigenvalue weighted by Crippen LogP contribution is -2.43. The molecular formula is C15H29NO2. The second-order valence-electron chi connectivity index (χ2n) is 6.11. The highest BCUT2D eigenvalue weighted by Crippen LogP contribution is 2.31. The molecule has 0 spiro atoms. The minimum Gasteiger partial charge on any atom is -0.465 e. The van der Waals surface area contributed by atoms with Gasteiger partial charge in [0.15, 0.2) is 0 Å². The molecule has 3 heteroatoms. The third-order valence-corrected chi connectivity index (χ3v) is 3.94. The van der Waals surface area contributed by atoms with E-state index >= 15 is 0 Å². The van der Waals surface area contributed by atoms with Crippen molar-refractivity contribution in [3.05, 3.63) is 0 Å². The van der Waals surface area contributed by atoms with Crippen molar-refractivity contribution in [3.63, 3.8) is 0 Å². The summed E-state index contributed by atoms with van der Waals surface area (Å²) < 4.78 is 5.22. The van der Waals surface area contributed by atoms with Gasteiger partial charge in [-0.25, -0.2) is 0 Å². The molecule has 0 amide bonds. The first-order valence-electron chi connectivity index (χ1n) is 7.41. The largest absolute Gasteiger partial charge is 0.465 e. The van der Waals surface area contributed by atoms with Crippen LogP contribution in [0, 0.1) is 5.41 Å². The molecule has 18 heavy (non-hydrogen) atoms. The van der Waals surface area contributed by atoms with Crippen molar-refractivity contribution >= 4 is 5.97 Å². The van der Waals surface area contributed by atoms with E-state index in [1.54, 1.807) is 0 Å². The van der Waals surface area contributed by atoms with E-state index in [0.717, 1.165) is 25.9 Å². The van der Waals surface area contributed by atoms with Gasteiger partial charge in [0.25, 0.3) is 0 Å². The molecule has 0 aromatic heterocycles. The van der Waals surface area contributed by atoms with Gasteiger partial charge < -0.3 is 4.74 Å². The van der Waals surface area contributed by atoms with Gasteiger partial charge in [-0.3, -0.25) is 9.69 Å². The number of carbonyl (C=O) groups is 1. The van der Waals surface area contributed by atoms with Gasteiger partial charge in [-0.15, -0.1) is 0 Å². The van der Waals surface area contributed by atoms with Crippen molar-refractivity contribution in [2.24, 2.45) is 5.41 Å². The molecule has 0 saturated carbocycles. The topological polar surface area (TPSA) is 29.5 Å².